The van der Waals surface area contributed by atoms with Crippen molar-refractivity contribution >= 4 is 16.3 Å². The number of aliphatic hydroxyl groups is 1. The molecule has 0 amide bonds. The van der Waals surface area contributed by atoms with Gasteiger partial charge < -0.3 is 0 Å². The Labute approximate surface area is 100 Å². The van der Waals surface area contributed by atoms with Crippen LogP contribution in [0.1, 0.15) is 19.8 Å². The van der Waals surface area contributed by atoms with Gasteiger partial charge in [0.15, 0.2) is 0 Å². The second-order valence-corrected chi connectivity index (χ2v) is 6.83. The Balaban J connectivity index is 4.15. The Morgan fingerprint density at radius 3 is 2.12 bits per heavy atom. The second kappa shape index (κ2) is 6.45. The third-order valence-corrected chi connectivity index (χ3v) is 4.83. The van der Waals surface area contributed by atoms with Crippen LogP contribution in [0.2, 0.25) is 0 Å². The van der Waals surface area contributed by atoms with Crippen LogP contribution >= 0.6 is 16.3 Å². The van der Waals surface area contributed by atoms with E-state index in [1.54, 1.807) is 6.92 Å². The fraction of sp³-hybridized carbons (Fsp3) is 0.714. The predicted molar refractivity (Wildman–Crippen MR) is 64.8 cm³/mol. The summed E-state index contributed by atoms with van der Waals surface area (Å²) in [4.78, 5) is 43.7. The minimum atomic E-state index is -5.05. The van der Waals surface area contributed by atoms with Gasteiger partial charge in [-0.1, -0.05) is 0 Å². The van der Waals surface area contributed by atoms with Crippen molar-refractivity contribution < 1.29 is 38.4 Å². The van der Waals surface area contributed by atoms with Crippen molar-refractivity contribution in [3.63, 3.8) is 0 Å². The molecule has 1 atom stereocenters. The van der Waals surface area contributed by atoms with Gasteiger partial charge in [0.2, 0.25) is 0 Å². The summed E-state index contributed by atoms with van der Waals surface area (Å²) in [6.07, 6.45) is 1.66. The summed E-state index contributed by atoms with van der Waals surface area (Å²) in [7, 11) is -9.85. The first-order valence-corrected chi connectivity index (χ1v) is 8.31. The van der Waals surface area contributed by atoms with Gasteiger partial charge in [-0.3, -0.25) is 0 Å². The number of rotatable bonds is 8. The van der Waals surface area contributed by atoms with E-state index in [0.717, 1.165) is 0 Å². The van der Waals surface area contributed by atoms with Crippen molar-refractivity contribution in [3.05, 3.63) is 12.7 Å². The molecule has 0 fully saturated rings. The van der Waals surface area contributed by atoms with Crippen LogP contribution in [0.3, 0.4) is 0 Å². The standard InChI is InChI=1S/C7H20O8P2/c1-3-7(8,4-2)5-6-14-17(12,13)15-16(9,10)11/h3,8-13,16-17H,1,4-6H2,2H3. The Kier molecular flexibility index (Phi) is 6.55. The van der Waals surface area contributed by atoms with Crippen LogP contribution in [0.4, 0.5) is 0 Å². The molecule has 0 saturated heterocycles. The first-order valence-electron chi connectivity index (χ1n) is 4.85. The Morgan fingerprint density at radius 2 is 1.76 bits per heavy atom. The fourth-order valence-corrected chi connectivity index (χ4v) is 3.02. The van der Waals surface area contributed by atoms with Crippen LogP contribution in [0.25, 0.3) is 0 Å². The molecule has 0 radical (unpaired) electrons. The van der Waals surface area contributed by atoms with Crippen molar-refractivity contribution in [2.45, 2.75) is 25.4 Å². The van der Waals surface area contributed by atoms with Crippen LogP contribution in [0.5, 0.6) is 0 Å². The molecule has 0 heterocycles. The summed E-state index contributed by atoms with van der Waals surface area (Å²) in [5.41, 5.74) is -1.21. The summed E-state index contributed by atoms with van der Waals surface area (Å²) in [6.45, 7) is 4.81. The quantitative estimate of drug-likeness (QED) is 0.260. The Bertz CT molecular complexity index is 253. The number of hydrogen-bond acceptors (Lipinski definition) is 8. The SMILES string of the molecule is C=CC(O)(CC)CCO[PH](O)(O)O[PH](O)(O)O. The van der Waals surface area contributed by atoms with E-state index in [2.05, 4.69) is 15.4 Å². The molecule has 0 aliphatic rings. The van der Waals surface area contributed by atoms with Gasteiger partial charge in [-0.2, -0.15) is 0 Å². The molecule has 0 bridgehead atoms. The first kappa shape index (κ1) is 17.3. The maximum atomic E-state index is 9.73. The first-order chi connectivity index (χ1) is 7.54. The van der Waals surface area contributed by atoms with E-state index in [0.29, 0.717) is 6.42 Å². The zero-order valence-electron chi connectivity index (χ0n) is 9.41. The molecule has 0 aromatic rings. The minimum absolute atomic E-state index is 0.0169. The van der Waals surface area contributed by atoms with Crippen molar-refractivity contribution in [2.24, 2.45) is 0 Å². The van der Waals surface area contributed by atoms with Crippen molar-refractivity contribution in [1.29, 1.82) is 0 Å². The van der Waals surface area contributed by atoms with Gasteiger partial charge in [-0.25, -0.2) is 0 Å². The predicted octanol–water partition coefficient (Wildman–Crippen LogP) is -0.482. The normalized spacial score (nSPS) is 18.5. The zero-order valence-corrected chi connectivity index (χ0v) is 11.4. The summed E-state index contributed by atoms with van der Waals surface area (Å²) < 4.78 is 8.31. The molecule has 10 heteroatoms. The molecule has 1 unspecified atom stereocenters. The van der Waals surface area contributed by atoms with Gasteiger partial charge in [0, 0.05) is 0 Å². The molecule has 0 aliphatic carbocycles. The van der Waals surface area contributed by atoms with Gasteiger partial charge in [0.1, 0.15) is 0 Å². The summed E-state index contributed by atoms with van der Waals surface area (Å²) in [6, 6.07) is 0. The molecule has 0 aliphatic heterocycles. The second-order valence-electron chi connectivity index (χ2n) is 3.48. The molecule has 0 aromatic heterocycles. The maximum absolute atomic E-state index is 9.73. The molecular formula is C7H20O8P2. The van der Waals surface area contributed by atoms with Gasteiger partial charge in [-0.05, 0) is 0 Å². The molecule has 0 aromatic carbocycles. The van der Waals surface area contributed by atoms with E-state index < -0.39 is 21.9 Å². The molecule has 0 spiro atoms. The van der Waals surface area contributed by atoms with E-state index >= 15 is 0 Å². The number of hydrogen-bond donors (Lipinski definition) is 6. The molecule has 17 heavy (non-hydrogen) atoms. The zero-order chi connectivity index (χ0) is 13.7. The van der Waals surface area contributed by atoms with Gasteiger partial charge >= 0.3 is 99.4 Å². The molecule has 0 saturated carbocycles. The third-order valence-electron chi connectivity index (χ3n) is 2.09. The molecular weight excluding hydrogens is 274 g/mol. The van der Waals surface area contributed by atoms with Crippen LogP contribution in [0, 0.1) is 0 Å². The van der Waals surface area contributed by atoms with Gasteiger partial charge in [0.05, 0.1) is 0 Å². The van der Waals surface area contributed by atoms with Gasteiger partial charge in [-0.15, -0.1) is 0 Å². The summed E-state index contributed by atoms with van der Waals surface area (Å²) >= 11 is 0. The van der Waals surface area contributed by atoms with Crippen LogP contribution < -0.4 is 0 Å². The fourth-order valence-electron chi connectivity index (χ4n) is 0.992. The van der Waals surface area contributed by atoms with Crippen molar-refractivity contribution in [3.8, 4) is 0 Å². The third kappa shape index (κ3) is 8.07. The topological polar surface area (TPSA) is 140 Å². The van der Waals surface area contributed by atoms with E-state index in [1.165, 1.54) is 6.08 Å². The Morgan fingerprint density at radius 1 is 1.24 bits per heavy atom. The molecule has 6 N–H and O–H groups in total. The van der Waals surface area contributed by atoms with Crippen LogP contribution in [0.15, 0.2) is 12.7 Å². The van der Waals surface area contributed by atoms with E-state index in [9.17, 15) is 5.11 Å². The van der Waals surface area contributed by atoms with Crippen LogP contribution in [-0.4, -0.2) is 41.8 Å². The van der Waals surface area contributed by atoms with Crippen molar-refractivity contribution in [1.82, 2.24) is 0 Å². The molecule has 106 valence electrons. The summed E-state index contributed by atoms with van der Waals surface area (Å²) in [5, 5.41) is 9.73. The Hall–Kier alpha value is 0.280. The van der Waals surface area contributed by atoms with Gasteiger partial charge in [0.25, 0.3) is 0 Å². The molecule has 0 rings (SSSR count). The van der Waals surface area contributed by atoms with Crippen LogP contribution in [-0.2, 0) is 8.83 Å². The monoisotopic (exact) mass is 294 g/mol. The average Bonchev–Trinajstić information content (AvgIpc) is 2.13. The van der Waals surface area contributed by atoms with E-state index in [1.807, 2.05) is 0 Å². The van der Waals surface area contributed by atoms with E-state index in [-0.39, 0.29) is 13.0 Å². The average molecular weight is 294 g/mol. The molecule has 8 nitrogen and oxygen atoms in total. The van der Waals surface area contributed by atoms with Crippen molar-refractivity contribution in [2.75, 3.05) is 6.61 Å². The summed E-state index contributed by atoms with van der Waals surface area (Å²) in [5.74, 6) is 0. The van der Waals surface area contributed by atoms with E-state index in [4.69, 9.17) is 24.5 Å².